The minimum Gasteiger partial charge on any atom is -0.497 e. The van der Waals surface area contributed by atoms with Gasteiger partial charge in [0, 0.05) is 6.07 Å². The van der Waals surface area contributed by atoms with Crippen LogP contribution in [0.5, 0.6) is 11.5 Å². The maximum Gasteiger partial charge on any atom is 0.123 e. The molecular formula is C14H21NO2. The van der Waals surface area contributed by atoms with Crippen molar-refractivity contribution in [1.82, 2.24) is 5.32 Å². The van der Waals surface area contributed by atoms with Crippen molar-refractivity contribution in [2.45, 2.75) is 31.3 Å². The van der Waals surface area contributed by atoms with E-state index < -0.39 is 0 Å². The summed E-state index contributed by atoms with van der Waals surface area (Å²) in [5.41, 5.74) is 0.0510. The van der Waals surface area contributed by atoms with E-state index in [1.54, 1.807) is 7.11 Å². The van der Waals surface area contributed by atoms with Gasteiger partial charge in [0.1, 0.15) is 17.1 Å². The van der Waals surface area contributed by atoms with Crippen molar-refractivity contribution in [3.05, 3.63) is 24.3 Å². The lowest BCUT2D eigenvalue weighted by atomic mass is 9.77. The van der Waals surface area contributed by atoms with Gasteiger partial charge in [-0.3, -0.25) is 0 Å². The molecule has 1 fully saturated rings. The second kappa shape index (κ2) is 5.41. The number of rotatable bonds is 6. The normalized spacial score (nSPS) is 17.3. The molecule has 1 aliphatic carbocycles. The largest absolute Gasteiger partial charge is 0.497 e. The van der Waals surface area contributed by atoms with Crippen LogP contribution in [0.2, 0.25) is 0 Å². The zero-order valence-electron chi connectivity index (χ0n) is 10.7. The first-order valence-corrected chi connectivity index (χ1v) is 6.26. The van der Waals surface area contributed by atoms with Gasteiger partial charge < -0.3 is 14.8 Å². The topological polar surface area (TPSA) is 30.5 Å². The van der Waals surface area contributed by atoms with E-state index in [4.69, 9.17) is 9.47 Å². The third kappa shape index (κ3) is 2.91. The molecule has 1 N–H and O–H groups in total. The second-order valence-electron chi connectivity index (χ2n) is 4.67. The molecule has 0 aliphatic heterocycles. The molecule has 3 heteroatoms. The molecule has 1 aromatic carbocycles. The maximum absolute atomic E-state index is 6.16. The molecule has 0 atom stereocenters. The highest BCUT2D eigenvalue weighted by Gasteiger charge is 2.38. The van der Waals surface area contributed by atoms with Crippen LogP contribution in [0, 0.1) is 0 Å². The Kier molecular flexibility index (Phi) is 3.89. The zero-order chi connectivity index (χ0) is 12.1. The van der Waals surface area contributed by atoms with Crippen LogP contribution in [-0.2, 0) is 0 Å². The Morgan fingerprint density at radius 3 is 2.65 bits per heavy atom. The molecule has 0 radical (unpaired) electrons. The van der Waals surface area contributed by atoms with Gasteiger partial charge in [-0.2, -0.15) is 0 Å². The molecule has 94 valence electrons. The first-order valence-electron chi connectivity index (χ1n) is 6.26. The molecule has 2 rings (SSSR count). The van der Waals surface area contributed by atoms with Gasteiger partial charge in [0.05, 0.1) is 7.11 Å². The summed E-state index contributed by atoms with van der Waals surface area (Å²) in [7, 11) is 3.66. The Hall–Kier alpha value is -1.22. The Labute approximate surface area is 103 Å². The molecular weight excluding hydrogens is 214 g/mol. The predicted molar refractivity (Wildman–Crippen MR) is 68.7 cm³/mol. The average Bonchev–Trinajstić information content (AvgIpc) is 2.32. The summed E-state index contributed by atoms with van der Waals surface area (Å²) >= 11 is 0. The third-order valence-corrected chi connectivity index (χ3v) is 3.47. The standard InChI is InChI=1S/C14H21NO2/c1-15-10-9-14(7-4-8-14)17-13-6-3-5-12(11-13)16-2/h3,5-6,11,15H,4,7-10H2,1-2H3. The number of hydrogen-bond acceptors (Lipinski definition) is 3. The molecule has 0 spiro atoms. The van der Waals surface area contributed by atoms with Gasteiger partial charge in [-0.25, -0.2) is 0 Å². The van der Waals surface area contributed by atoms with Crippen LogP contribution in [0.3, 0.4) is 0 Å². The van der Waals surface area contributed by atoms with Crippen molar-refractivity contribution in [2.24, 2.45) is 0 Å². The quantitative estimate of drug-likeness (QED) is 0.822. The van der Waals surface area contributed by atoms with Crippen LogP contribution < -0.4 is 14.8 Å². The Morgan fingerprint density at radius 2 is 2.06 bits per heavy atom. The van der Waals surface area contributed by atoms with Crippen molar-refractivity contribution in [1.29, 1.82) is 0 Å². The summed E-state index contributed by atoms with van der Waals surface area (Å²) < 4.78 is 11.4. The maximum atomic E-state index is 6.16. The van der Waals surface area contributed by atoms with E-state index in [2.05, 4.69) is 5.32 Å². The van der Waals surface area contributed by atoms with Gasteiger partial charge >= 0.3 is 0 Å². The minimum atomic E-state index is 0.0510. The van der Waals surface area contributed by atoms with Crippen LogP contribution in [0.1, 0.15) is 25.7 Å². The molecule has 1 aromatic rings. The van der Waals surface area contributed by atoms with E-state index in [1.165, 1.54) is 6.42 Å². The SMILES string of the molecule is CNCCC1(Oc2cccc(OC)c2)CCC1. The lowest BCUT2D eigenvalue weighted by Gasteiger charge is -2.42. The highest BCUT2D eigenvalue weighted by molar-refractivity contribution is 5.33. The van der Waals surface area contributed by atoms with Gasteiger partial charge in [0.15, 0.2) is 0 Å². The highest BCUT2D eigenvalue weighted by atomic mass is 16.5. The van der Waals surface area contributed by atoms with Crippen molar-refractivity contribution in [2.75, 3.05) is 20.7 Å². The fourth-order valence-electron chi connectivity index (χ4n) is 2.24. The summed E-state index contributed by atoms with van der Waals surface area (Å²) in [4.78, 5) is 0. The summed E-state index contributed by atoms with van der Waals surface area (Å²) in [6.07, 6.45) is 4.66. The first kappa shape index (κ1) is 12.2. The number of nitrogens with one attached hydrogen (secondary N) is 1. The number of benzene rings is 1. The van der Waals surface area contributed by atoms with Crippen molar-refractivity contribution in [3.63, 3.8) is 0 Å². The summed E-state index contributed by atoms with van der Waals surface area (Å²) in [5, 5.41) is 3.20. The first-order chi connectivity index (χ1) is 8.28. The molecule has 0 unspecified atom stereocenters. The molecule has 3 nitrogen and oxygen atoms in total. The number of methoxy groups -OCH3 is 1. The molecule has 17 heavy (non-hydrogen) atoms. The van der Waals surface area contributed by atoms with E-state index in [0.29, 0.717) is 0 Å². The monoisotopic (exact) mass is 235 g/mol. The molecule has 1 aliphatic rings. The Morgan fingerprint density at radius 1 is 1.29 bits per heavy atom. The van der Waals surface area contributed by atoms with Crippen molar-refractivity contribution in [3.8, 4) is 11.5 Å². The summed E-state index contributed by atoms with van der Waals surface area (Å²) in [6.45, 7) is 1.00. The van der Waals surface area contributed by atoms with Gasteiger partial charge in [-0.15, -0.1) is 0 Å². The van der Waals surface area contributed by atoms with E-state index >= 15 is 0 Å². The van der Waals surface area contributed by atoms with E-state index in [9.17, 15) is 0 Å². The molecule has 0 bridgehead atoms. The van der Waals surface area contributed by atoms with Crippen LogP contribution in [0.4, 0.5) is 0 Å². The molecule has 0 saturated heterocycles. The van der Waals surface area contributed by atoms with Gasteiger partial charge in [0.25, 0.3) is 0 Å². The van der Waals surface area contributed by atoms with Crippen LogP contribution in [-0.4, -0.2) is 26.3 Å². The third-order valence-electron chi connectivity index (χ3n) is 3.47. The fraction of sp³-hybridized carbons (Fsp3) is 0.571. The molecule has 0 heterocycles. The Balaban J connectivity index is 2.02. The second-order valence-corrected chi connectivity index (χ2v) is 4.67. The van der Waals surface area contributed by atoms with Crippen LogP contribution >= 0.6 is 0 Å². The van der Waals surface area contributed by atoms with Gasteiger partial charge in [-0.05, 0) is 51.4 Å². The lowest BCUT2D eigenvalue weighted by Crippen LogP contribution is -2.45. The Bertz CT molecular complexity index is 361. The van der Waals surface area contributed by atoms with Gasteiger partial charge in [-0.1, -0.05) is 6.07 Å². The van der Waals surface area contributed by atoms with Crippen molar-refractivity contribution < 1.29 is 9.47 Å². The summed E-state index contributed by atoms with van der Waals surface area (Å²) in [6, 6.07) is 7.87. The van der Waals surface area contributed by atoms with E-state index in [0.717, 1.165) is 37.3 Å². The smallest absolute Gasteiger partial charge is 0.123 e. The number of hydrogen-bond donors (Lipinski definition) is 1. The average molecular weight is 235 g/mol. The van der Waals surface area contributed by atoms with E-state index in [-0.39, 0.29) is 5.60 Å². The van der Waals surface area contributed by atoms with Gasteiger partial charge in [0.2, 0.25) is 0 Å². The zero-order valence-corrected chi connectivity index (χ0v) is 10.7. The van der Waals surface area contributed by atoms with Crippen LogP contribution in [0.25, 0.3) is 0 Å². The summed E-state index contributed by atoms with van der Waals surface area (Å²) in [5.74, 6) is 1.77. The minimum absolute atomic E-state index is 0.0510. The van der Waals surface area contributed by atoms with E-state index in [1.807, 2.05) is 31.3 Å². The number of ether oxygens (including phenoxy) is 2. The lowest BCUT2D eigenvalue weighted by molar-refractivity contribution is -0.0140. The molecule has 0 aromatic heterocycles. The van der Waals surface area contributed by atoms with Crippen LogP contribution in [0.15, 0.2) is 24.3 Å². The highest BCUT2D eigenvalue weighted by Crippen LogP contribution is 2.39. The molecule has 0 amide bonds. The molecule has 1 saturated carbocycles. The van der Waals surface area contributed by atoms with Crippen molar-refractivity contribution >= 4 is 0 Å². The predicted octanol–water partition coefficient (Wildman–Crippen LogP) is 2.61. The fourth-order valence-corrected chi connectivity index (χ4v) is 2.24.